The van der Waals surface area contributed by atoms with Crippen LogP contribution in [0.3, 0.4) is 0 Å². The molecule has 8 heteroatoms. The number of nitrogens with zero attached hydrogens (tertiary/aromatic N) is 2. The fourth-order valence-electron chi connectivity index (χ4n) is 1.20. The molecular weight excluding hydrogens is 322 g/mol. The van der Waals surface area contributed by atoms with Crippen molar-refractivity contribution in [3.05, 3.63) is 28.2 Å². The number of fused-ring (bicyclic) bond motifs is 1. The predicted molar refractivity (Wildman–Crippen MR) is 86.0 cm³/mol. The molecule has 0 atom stereocenters. The molecule has 1 aromatic carbocycles. The summed E-state index contributed by atoms with van der Waals surface area (Å²) in [6.45, 7) is 0. The first-order valence-electron chi connectivity index (χ1n) is 4.84. The number of nitrogens with one attached hydrogen (secondary N) is 1. The molecule has 0 saturated carbocycles. The average molecular weight is 332 g/mol. The third-order valence-electron chi connectivity index (χ3n) is 1.95. The largest absolute Gasteiger partial charge is 0.337 e. The maximum absolute atomic E-state index is 4.98. The van der Waals surface area contributed by atoms with Gasteiger partial charge in [-0.15, -0.1) is 40.8 Å². The third kappa shape index (κ3) is 3.55. The highest BCUT2D eigenvalue weighted by molar-refractivity contribution is 8.00. The number of aromatic nitrogens is 3. The lowest BCUT2D eigenvalue weighted by Crippen LogP contribution is -1.64. The van der Waals surface area contributed by atoms with Crippen molar-refractivity contribution in [1.82, 2.24) is 14.6 Å². The third-order valence-corrected chi connectivity index (χ3v) is 5.59. The predicted octanol–water partition coefficient (Wildman–Crippen LogP) is 4.51. The van der Waals surface area contributed by atoms with E-state index in [1.165, 1.54) is 16.2 Å². The monoisotopic (exact) mass is 331 g/mol. The van der Waals surface area contributed by atoms with Crippen LogP contribution in [0, 0.1) is 3.95 Å². The first kappa shape index (κ1) is 14.0. The zero-order chi connectivity index (χ0) is 13.0. The Kier molecular flexibility index (Phi) is 5.19. The highest BCUT2D eigenvalue weighted by Gasteiger charge is 1.98. The first-order chi connectivity index (χ1) is 8.70. The smallest absolute Gasteiger partial charge is 0.159 e. The van der Waals surface area contributed by atoms with E-state index in [1.807, 2.05) is 24.5 Å². The van der Waals surface area contributed by atoms with Crippen molar-refractivity contribution in [3.8, 4) is 0 Å². The van der Waals surface area contributed by atoms with Gasteiger partial charge in [0.15, 0.2) is 3.95 Å². The molecule has 18 heavy (non-hydrogen) atoms. The van der Waals surface area contributed by atoms with Crippen molar-refractivity contribution in [2.45, 2.75) is 9.24 Å². The maximum atomic E-state index is 4.98. The molecule has 0 amide bonds. The second-order valence-electron chi connectivity index (χ2n) is 3.10. The molecule has 1 N–H and O–H groups in total. The zero-order valence-electron chi connectivity index (χ0n) is 9.28. The summed E-state index contributed by atoms with van der Waals surface area (Å²) in [4.78, 5) is 3.09. The first-order valence-corrected chi connectivity index (χ1v) is 8.51. The molecule has 0 radical (unpaired) electrons. The van der Waals surface area contributed by atoms with Crippen molar-refractivity contribution in [2.75, 3.05) is 6.26 Å². The maximum Gasteiger partial charge on any atom is 0.159 e. The van der Waals surface area contributed by atoms with Gasteiger partial charge >= 0.3 is 0 Å². The summed E-state index contributed by atoms with van der Waals surface area (Å²) in [6, 6.07) is 8.11. The normalized spacial score (nSPS) is 10.1. The van der Waals surface area contributed by atoms with Crippen LogP contribution >= 0.6 is 59.5 Å². The van der Waals surface area contributed by atoms with Gasteiger partial charge < -0.3 is 4.98 Å². The number of thioether (sulfide) groups is 1. The highest BCUT2D eigenvalue weighted by Crippen LogP contribution is 2.24. The van der Waals surface area contributed by atoms with Gasteiger partial charge in [0.05, 0.1) is 10.2 Å². The number of aromatic amines is 1. The van der Waals surface area contributed by atoms with Crippen LogP contribution in [-0.2, 0) is 0 Å². The number of rotatable bonds is 1. The second kappa shape index (κ2) is 6.67. The fraction of sp³-hybridized carbons (Fsp3) is 0.100. The Balaban J connectivity index is 0.000000138. The number of para-hydroxylation sites is 1. The standard InChI is InChI=1S/C7H5NS2.C3H4N2S3/c9-7-8-5-3-1-2-4-6(5)10-7;1-7-3-2(6)4-5-8-3/h1-4H,(H,8,9);6H,1H3. The van der Waals surface area contributed by atoms with E-state index in [-0.39, 0.29) is 0 Å². The minimum absolute atomic E-state index is 0.738. The summed E-state index contributed by atoms with van der Waals surface area (Å²) < 4.78 is 6.84. The Morgan fingerprint density at radius 2 is 2.17 bits per heavy atom. The van der Waals surface area contributed by atoms with Crippen LogP contribution in [0.25, 0.3) is 10.2 Å². The summed E-state index contributed by atoms with van der Waals surface area (Å²) in [5.41, 5.74) is 1.14. The van der Waals surface area contributed by atoms with Gasteiger partial charge in [-0.1, -0.05) is 16.6 Å². The molecule has 94 valence electrons. The molecule has 0 aliphatic rings. The molecule has 3 nitrogen and oxygen atoms in total. The van der Waals surface area contributed by atoms with E-state index in [4.69, 9.17) is 12.2 Å². The molecule has 0 bridgehead atoms. The Labute approximate surface area is 127 Å². The lowest BCUT2D eigenvalue weighted by molar-refractivity contribution is 1.01. The average Bonchev–Trinajstić information content (AvgIpc) is 2.94. The molecule has 2 heterocycles. The highest BCUT2D eigenvalue weighted by atomic mass is 32.2. The van der Waals surface area contributed by atoms with Gasteiger partial charge in [0.2, 0.25) is 0 Å². The van der Waals surface area contributed by atoms with Crippen molar-refractivity contribution in [3.63, 3.8) is 0 Å². The van der Waals surface area contributed by atoms with E-state index in [2.05, 4.69) is 33.3 Å². The molecule has 0 spiro atoms. The van der Waals surface area contributed by atoms with Gasteiger partial charge in [0, 0.05) is 0 Å². The topological polar surface area (TPSA) is 41.6 Å². The minimum atomic E-state index is 0.738. The van der Waals surface area contributed by atoms with E-state index in [9.17, 15) is 0 Å². The van der Waals surface area contributed by atoms with E-state index in [0.717, 1.165) is 18.7 Å². The Morgan fingerprint density at radius 1 is 1.39 bits per heavy atom. The lowest BCUT2D eigenvalue weighted by atomic mass is 10.3. The van der Waals surface area contributed by atoms with Gasteiger partial charge in [-0.05, 0) is 42.1 Å². The van der Waals surface area contributed by atoms with Gasteiger partial charge in [-0.2, -0.15) is 0 Å². The number of hydrogen-bond acceptors (Lipinski definition) is 7. The molecule has 2 aromatic heterocycles. The van der Waals surface area contributed by atoms with Crippen LogP contribution in [-0.4, -0.2) is 20.8 Å². The quantitative estimate of drug-likeness (QED) is 0.391. The van der Waals surface area contributed by atoms with E-state index in [0.29, 0.717) is 0 Å². The Hall–Kier alpha value is -0.410. The van der Waals surface area contributed by atoms with Crippen LogP contribution in [0.2, 0.25) is 0 Å². The Bertz CT molecular complexity index is 648. The summed E-state index contributed by atoms with van der Waals surface area (Å²) in [7, 11) is 0. The molecule has 3 aromatic rings. The summed E-state index contributed by atoms with van der Waals surface area (Å²) in [5.74, 6) is 0. The van der Waals surface area contributed by atoms with Crippen LogP contribution in [0.15, 0.2) is 33.5 Å². The van der Waals surface area contributed by atoms with Gasteiger partial charge in [0.25, 0.3) is 0 Å². The lowest BCUT2D eigenvalue weighted by Gasteiger charge is -1.81. The van der Waals surface area contributed by atoms with Crippen molar-refractivity contribution >= 4 is 69.7 Å². The zero-order valence-corrected chi connectivity index (χ0v) is 13.4. The molecule has 0 unspecified atom stereocenters. The Morgan fingerprint density at radius 3 is 2.72 bits per heavy atom. The SMILES string of the molecule is CSc1snnc1S.S=c1[nH]c2ccccc2s1. The van der Waals surface area contributed by atoms with Crippen LogP contribution in [0.5, 0.6) is 0 Å². The van der Waals surface area contributed by atoms with Crippen LogP contribution in [0.4, 0.5) is 0 Å². The molecular formula is C10H9N3S5. The van der Waals surface area contributed by atoms with Crippen LogP contribution < -0.4 is 0 Å². The molecule has 3 rings (SSSR count). The number of benzene rings is 1. The van der Waals surface area contributed by atoms with E-state index < -0.39 is 0 Å². The molecule has 0 saturated heterocycles. The summed E-state index contributed by atoms with van der Waals surface area (Å²) in [6.07, 6.45) is 1.98. The molecule has 0 aliphatic carbocycles. The van der Waals surface area contributed by atoms with Gasteiger partial charge in [-0.3, -0.25) is 0 Å². The van der Waals surface area contributed by atoms with Crippen molar-refractivity contribution in [2.24, 2.45) is 0 Å². The van der Waals surface area contributed by atoms with Crippen molar-refractivity contribution < 1.29 is 0 Å². The number of H-pyrrole nitrogens is 1. The van der Waals surface area contributed by atoms with Gasteiger partial charge in [-0.25, -0.2) is 0 Å². The van der Waals surface area contributed by atoms with Crippen LogP contribution in [0.1, 0.15) is 0 Å². The van der Waals surface area contributed by atoms with E-state index >= 15 is 0 Å². The molecule has 0 aliphatic heterocycles. The van der Waals surface area contributed by atoms with E-state index in [1.54, 1.807) is 23.1 Å². The second-order valence-corrected chi connectivity index (χ2v) is 7.07. The number of thiol groups is 1. The number of hydrogen-bond donors (Lipinski definition) is 2. The minimum Gasteiger partial charge on any atom is -0.337 e. The van der Waals surface area contributed by atoms with Gasteiger partial charge in [0.1, 0.15) is 9.24 Å². The summed E-state index contributed by atoms with van der Waals surface area (Å²) >= 11 is 13.6. The summed E-state index contributed by atoms with van der Waals surface area (Å²) in [5, 5.41) is 4.44. The molecule has 0 fully saturated rings. The van der Waals surface area contributed by atoms with Crippen molar-refractivity contribution in [1.29, 1.82) is 0 Å². The fourth-order valence-corrected chi connectivity index (χ4v) is 3.76. The number of thiazole rings is 1.